The Morgan fingerprint density at radius 3 is 2.48 bits per heavy atom. The lowest BCUT2D eigenvalue weighted by Gasteiger charge is -2.31. The topological polar surface area (TPSA) is 57.7 Å². The van der Waals surface area contributed by atoms with Gasteiger partial charge in [0.25, 0.3) is 0 Å². The van der Waals surface area contributed by atoms with Crippen molar-refractivity contribution in [2.45, 2.75) is 25.8 Å². The second kappa shape index (κ2) is 6.01. The lowest BCUT2D eigenvalue weighted by molar-refractivity contribution is -0.130. The van der Waals surface area contributed by atoms with E-state index in [0.29, 0.717) is 13.1 Å². The van der Waals surface area contributed by atoms with Crippen LogP contribution in [0.4, 0.5) is 10.1 Å². The van der Waals surface area contributed by atoms with E-state index in [2.05, 4.69) is 0 Å². The van der Waals surface area contributed by atoms with Crippen LogP contribution in [0, 0.1) is 5.82 Å². The minimum Gasteiger partial charge on any atom is -0.341 e. The number of hydrogen-bond acceptors (Lipinski definition) is 3. The van der Waals surface area contributed by atoms with E-state index in [9.17, 15) is 17.6 Å². The van der Waals surface area contributed by atoms with Crippen molar-refractivity contribution in [3.05, 3.63) is 30.1 Å². The maximum Gasteiger partial charge on any atom is 0.246 e. The summed E-state index contributed by atoms with van der Waals surface area (Å²) in [5.74, 6) is -0.788. The third-order valence-corrected chi connectivity index (χ3v) is 4.79. The van der Waals surface area contributed by atoms with E-state index in [4.69, 9.17) is 0 Å². The quantitative estimate of drug-likeness (QED) is 0.848. The van der Waals surface area contributed by atoms with Gasteiger partial charge in [0.05, 0.1) is 11.9 Å². The molecule has 0 spiro atoms. The molecular weight excluding hydrogens is 295 g/mol. The number of halogens is 1. The third kappa shape index (κ3) is 3.53. The van der Waals surface area contributed by atoms with Gasteiger partial charge in [0.2, 0.25) is 15.9 Å². The highest BCUT2D eigenvalue weighted by Crippen LogP contribution is 2.23. The SMILES string of the molecule is CC(C(=O)N1CCCC1)N(c1cccc(F)c1)S(C)(=O)=O. The third-order valence-electron chi connectivity index (χ3n) is 3.55. The number of anilines is 1. The van der Waals surface area contributed by atoms with Gasteiger partial charge in [-0.25, -0.2) is 12.8 Å². The van der Waals surface area contributed by atoms with Crippen molar-refractivity contribution in [3.8, 4) is 0 Å². The molecule has 1 amide bonds. The average molecular weight is 314 g/mol. The van der Waals surface area contributed by atoms with Crippen LogP contribution < -0.4 is 4.31 Å². The lowest BCUT2D eigenvalue weighted by atomic mass is 10.2. The van der Waals surface area contributed by atoms with Gasteiger partial charge in [-0.3, -0.25) is 9.10 Å². The molecule has 0 N–H and O–H groups in total. The van der Waals surface area contributed by atoms with E-state index in [-0.39, 0.29) is 11.6 Å². The lowest BCUT2D eigenvalue weighted by Crippen LogP contribution is -2.48. The van der Waals surface area contributed by atoms with Gasteiger partial charge in [0.1, 0.15) is 11.9 Å². The van der Waals surface area contributed by atoms with Gasteiger partial charge in [0, 0.05) is 13.1 Å². The molecule has 0 saturated carbocycles. The van der Waals surface area contributed by atoms with E-state index in [1.165, 1.54) is 25.1 Å². The highest BCUT2D eigenvalue weighted by molar-refractivity contribution is 7.92. The van der Waals surface area contributed by atoms with Crippen molar-refractivity contribution < 1.29 is 17.6 Å². The Morgan fingerprint density at radius 1 is 1.33 bits per heavy atom. The van der Waals surface area contributed by atoms with Crippen LogP contribution in [-0.2, 0) is 14.8 Å². The average Bonchev–Trinajstić information content (AvgIpc) is 2.90. The number of carbonyl (C=O) groups excluding carboxylic acids is 1. The fourth-order valence-corrected chi connectivity index (χ4v) is 3.78. The van der Waals surface area contributed by atoms with Crippen LogP contribution >= 0.6 is 0 Å². The minimum absolute atomic E-state index is 0.164. The van der Waals surface area contributed by atoms with Crippen LogP contribution in [0.3, 0.4) is 0 Å². The summed E-state index contributed by atoms with van der Waals surface area (Å²) in [5, 5.41) is 0. The normalized spacial score (nSPS) is 16.8. The van der Waals surface area contributed by atoms with E-state index >= 15 is 0 Å². The molecule has 1 unspecified atom stereocenters. The van der Waals surface area contributed by atoms with Crippen molar-refractivity contribution in [1.82, 2.24) is 4.90 Å². The molecule has 1 fully saturated rings. The molecule has 1 atom stereocenters. The van der Waals surface area contributed by atoms with Gasteiger partial charge < -0.3 is 4.90 Å². The van der Waals surface area contributed by atoms with E-state index in [0.717, 1.165) is 29.5 Å². The molecule has 1 heterocycles. The van der Waals surface area contributed by atoms with Gasteiger partial charge in [0.15, 0.2) is 0 Å². The number of hydrogen-bond donors (Lipinski definition) is 0. The molecule has 1 aliphatic rings. The summed E-state index contributed by atoms with van der Waals surface area (Å²) in [6.45, 7) is 2.82. The van der Waals surface area contributed by atoms with E-state index in [1.54, 1.807) is 4.90 Å². The Labute approximate surface area is 124 Å². The second-order valence-corrected chi connectivity index (χ2v) is 7.11. The van der Waals surface area contributed by atoms with Crippen LogP contribution in [0.1, 0.15) is 19.8 Å². The zero-order valence-electron chi connectivity index (χ0n) is 12.1. The highest BCUT2D eigenvalue weighted by atomic mass is 32.2. The number of sulfonamides is 1. The van der Waals surface area contributed by atoms with Gasteiger partial charge in [-0.1, -0.05) is 6.07 Å². The molecule has 7 heteroatoms. The molecule has 0 radical (unpaired) electrons. The van der Waals surface area contributed by atoms with E-state index < -0.39 is 21.9 Å². The molecule has 0 bridgehead atoms. The molecule has 5 nitrogen and oxygen atoms in total. The molecule has 0 aliphatic carbocycles. The minimum atomic E-state index is -3.69. The zero-order valence-corrected chi connectivity index (χ0v) is 12.9. The van der Waals surface area contributed by atoms with Crippen molar-refractivity contribution in [1.29, 1.82) is 0 Å². The Kier molecular flexibility index (Phi) is 4.51. The largest absolute Gasteiger partial charge is 0.341 e. The molecule has 1 saturated heterocycles. The van der Waals surface area contributed by atoms with Crippen LogP contribution in [-0.4, -0.2) is 44.6 Å². The Hall–Kier alpha value is -1.63. The number of nitrogens with zero attached hydrogens (tertiary/aromatic N) is 2. The summed E-state index contributed by atoms with van der Waals surface area (Å²) in [7, 11) is -3.69. The predicted octanol–water partition coefficient (Wildman–Crippen LogP) is 1.60. The van der Waals surface area contributed by atoms with Crippen LogP contribution in [0.5, 0.6) is 0 Å². The zero-order chi connectivity index (χ0) is 15.6. The monoisotopic (exact) mass is 314 g/mol. The molecule has 2 rings (SSSR count). The number of amides is 1. The molecule has 0 aromatic heterocycles. The fraction of sp³-hybridized carbons (Fsp3) is 0.500. The Bertz CT molecular complexity index is 627. The summed E-state index contributed by atoms with van der Waals surface area (Å²) in [6.07, 6.45) is 2.88. The molecule has 1 aromatic carbocycles. The summed E-state index contributed by atoms with van der Waals surface area (Å²) in [6, 6.07) is 4.37. The van der Waals surface area contributed by atoms with Crippen molar-refractivity contribution in [3.63, 3.8) is 0 Å². The van der Waals surface area contributed by atoms with Gasteiger partial charge in [-0.15, -0.1) is 0 Å². The molecule has 1 aliphatic heterocycles. The van der Waals surface area contributed by atoms with E-state index in [1.807, 2.05) is 0 Å². The number of carbonyl (C=O) groups is 1. The maximum atomic E-state index is 13.4. The maximum absolute atomic E-state index is 13.4. The molecule has 1 aromatic rings. The molecular formula is C14H19FN2O3S. The fourth-order valence-electron chi connectivity index (χ4n) is 2.62. The highest BCUT2D eigenvalue weighted by Gasteiger charge is 2.33. The van der Waals surface area contributed by atoms with Gasteiger partial charge in [-0.05, 0) is 38.0 Å². The smallest absolute Gasteiger partial charge is 0.246 e. The standard InChI is InChI=1S/C14H19FN2O3S/c1-11(14(18)16-8-3-4-9-16)17(21(2,19)20)13-7-5-6-12(15)10-13/h5-7,10-11H,3-4,8-9H2,1-2H3. The second-order valence-electron chi connectivity index (χ2n) is 5.25. The first-order valence-corrected chi connectivity index (χ1v) is 8.69. The summed E-state index contributed by atoms with van der Waals surface area (Å²) in [4.78, 5) is 14.1. The summed E-state index contributed by atoms with van der Waals surface area (Å²) < 4.78 is 38.4. The molecule has 116 valence electrons. The van der Waals surface area contributed by atoms with Crippen LogP contribution in [0.25, 0.3) is 0 Å². The Balaban J connectivity index is 2.34. The summed E-state index contributed by atoms with van der Waals surface area (Å²) in [5.41, 5.74) is 0.164. The first-order valence-electron chi connectivity index (χ1n) is 6.84. The van der Waals surface area contributed by atoms with Crippen LogP contribution in [0.2, 0.25) is 0 Å². The number of benzene rings is 1. The van der Waals surface area contributed by atoms with Crippen molar-refractivity contribution >= 4 is 21.6 Å². The van der Waals surface area contributed by atoms with Crippen molar-refractivity contribution in [2.75, 3.05) is 23.7 Å². The van der Waals surface area contributed by atoms with Gasteiger partial charge in [-0.2, -0.15) is 0 Å². The first-order chi connectivity index (χ1) is 9.80. The van der Waals surface area contributed by atoms with Gasteiger partial charge >= 0.3 is 0 Å². The van der Waals surface area contributed by atoms with Crippen LogP contribution in [0.15, 0.2) is 24.3 Å². The number of rotatable bonds is 4. The van der Waals surface area contributed by atoms with Crippen molar-refractivity contribution in [2.24, 2.45) is 0 Å². The predicted molar refractivity (Wildman–Crippen MR) is 79.0 cm³/mol. The number of likely N-dealkylation sites (tertiary alicyclic amines) is 1. The molecule has 21 heavy (non-hydrogen) atoms. The summed E-state index contributed by atoms with van der Waals surface area (Å²) >= 11 is 0. The first kappa shape index (κ1) is 15.8. The Morgan fingerprint density at radius 2 is 1.95 bits per heavy atom.